The highest BCUT2D eigenvalue weighted by atomic mass is 32.2. The molecule has 0 aliphatic heterocycles. The van der Waals surface area contributed by atoms with Gasteiger partial charge in [-0.1, -0.05) is 0 Å². The van der Waals surface area contributed by atoms with Gasteiger partial charge in [0.25, 0.3) is 5.91 Å². The number of hydrogen-bond acceptors (Lipinski definition) is 3. The summed E-state index contributed by atoms with van der Waals surface area (Å²) in [4.78, 5) is 11.5. The van der Waals surface area contributed by atoms with E-state index in [0.29, 0.717) is 6.07 Å². The summed E-state index contributed by atoms with van der Waals surface area (Å²) < 4.78 is 72.9. The van der Waals surface area contributed by atoms with Gasteiger partial charge in [-0.2, -0.15) is 13.2 Å². The molecule has 1 rings (SSSR count). The molecule has 1 amide bonds. The molecule has 0 fully saturated rings. The number of alkyl halides is 3. The fraction of sp³-hybridized carbons (Fsp3) is 0.364. The van der Waals surface area contributed by atoms with Gasteiger partial charge in [-0.15, -0.1) is 0 Å². The van der Waals surface area contributed by atoms with Crippen LogP contribution in [-0.4, -0.2) is 39.0 Å². The van der Waals surface area contributed by atoms with Gasteiger partial charge in [0.1, 0.15) is 12.4 Å². The largest absolute Gasteiger partial charge is 0.406 e. The Hall–Kier alpha value is -1.68. The topological polar surface area (TPSA) is 80.5 Å². The fourth-order valence-corrected chi connectivity index (χ4v) is 2.46. The molecule has 1 aromatic carbocycles. The van der Waals surface area contributed by atoms with Crippen molar-refractivity contribution in [2.75, 3.05) is 13.6 Å². The molecule has 0 radical (unpaired) electrons. The van der Waals surface area contributed by atoms with Crippen LogP contribution in [0.5, 0.6) is 0 Å². The molecule has 0 aromatic heterocycles. The Morgan fingerprint density at radius 1 is 1.33 bits per heavy atom. The minimum atomic E-state index is -4.66. The minimum absolute atomic E-state index is 0.0509. The molecule has 0 atom stereocenters. The van der Waals surface area contributed by atoms with Crippen molar-refractivity contribution in [3.05, 3.63) is 29.1 Å². The smallest absolute Gasteiger partial charge is 0.333 e. The predicted molar refractivity (Wildman–Crippen MR) is 65.5 cm³/mol. The van der Waals surface area contributed by atoms with Crippen LogP contribution in [0.3, 0.4) is 0 Å². The molecule has 1 aromatic rings. The zero-order chi connectivity index (χ0) is 16.6. The maximum absolute atomic E-state index is 13.7. The maximum Gasteiger partial charge on any atom is 0.406 e. The molecule has 0 aliphatic rings. The fourth-order valence-electron chi connectivity index (χ4n) is 1.67. The molecular weight excluding hydrogens is 316 g/mol. The van der Waals surface area contributed by atoms with Crippen LogP contribution in [0, 0.1) is 12.7 Å². The van der Waals surface area contributed by atoms with Gasteiger partial charge in [-0.3, -0.25) is 4.79 Å². The number of rotatable bonds is 3. The molecule has 2 N–H and O–H groups in total. The van der Waals surface area contributed by atoms with Crippen LogP contribution in [0.25, 0.3) is 0 Å². The van der Waals surface area contributed by atoms with Gasteiger partial charge < -0.3 is 4.90 Å². The average molecular weight is 328 g/mol. The Kier molecular flexibility index (Phi) is 4.63. The molecule has 0 spiro atoms. The molecule has 0 heterocycles. The third kappa shape index (κ3) is 4.39. The van der Waals surface area contributed by atoms with Crippen LogP contribution in [0.4, 0.5) is 17.6 Å². The monoisotopic (exact) mass is 328 g/mol. The lowest BCUT2D eigenvalue weighted by atomic mass is 10.1. The lowest BCUT2D eigenvalue weighted by Gasteiger charge is -2.19. The third-order valence-electron chi connectivity index (χ3n) is 2.56. The second-order valence-electron chi connectivity index (χ2n) is 4.42. The van der Waals surface area contributed by atoms with Gasteiger partial charge >= 0.3 is 6.18 Å². The van der Waals surface area contributed by atoms with Crippen LogP contribution >= 0.6 is 0 Å². The molecule has 0 saturated carbocycles. The zero-order valence-electron chi connectivity index (χ0n) is 11.0. The highest BCUT2D eigenvalue weighted by molar-refractivity contribution is 7.89. The normalized spacial score (nSPS) is 12.3. The van der Waals surface area contributed by atoms with Gasteiger partial charge in [0.2, 0.25) is 10.0 Å². The van der Waals surface area contributed by atoms with E-state index in [1.165, 1.54) is 6.92 Å². The molecule has 10 heteroatoms. The first-order chi connectivity index (χ1) is 9.33. The summed E-state index contributed by atoms with van der Waals surface area (Å²) in [5.74, 6) is -2.42. The van der Waals surface area contributed by atoms with Crippen LogP contribution in [0.15, 0.2) is 17.0 Å². The summed E-state index contributed by atoms with van der Waals surface area (Å²) in [5, 5.41) is 4.90. The average Bonchev–Trinajstić information content (AvgIpc) is 2.23. The standard InChI is InChI=1S/C11H12F4N2O3S/c1-6-3-8(12)7(4-9(6)21(16,19)20)10(18)17(2)5-11(13,14)15/h3-4H,5H2,1-2H3,(H2,16,19,20). The van der Waals surface area contributed by atoms with Crippen molar-refractivity contribution in [1.82, 2.24) is 4.90 Å². The summed E-state index contributed by atoms with van der Waals surface area (Å²) in [6.45, 7) is -0.347. The number of nitrogens with two attached hydrogens (primary N) is 1. The number of hydrogen-bond donors (Lipinski definition) is 1. The first kappa shape index (κ1) is 17.4. The lowest BCUT2D eigenvalue weighted by molar-refractivity contribution is -0.138. The van der Waals surface area contributed by atoms with Crippen LogP contribution < -0.4 is 5.14 Å². The lowest BCUT2D eigenvalue weighted by Crippen LogP contribution is -2.36. The van der Waals surface area contributed by atoms with E-state index in [1.54, 1.807) is 0 Å². The van der Waals surface area contributed by atoms with E-state index >= 15 is 0 Å². The Morgan fingerprint density at radius 3 is 2.29 bits per heavy atom. The van der Waals surface area contributed by atoms with Gasteiger partial charge in [0, 0.05) is 7.05 Å². The van der Waals surface area contributed by atoms with E-state index in [2.05, 4.69) is 0 Å². The van der Waals surface area contributed by atoms with Gasteiger partial charge in [0.05, 0.1) is 10.5 Å². The van der Waals surface area contributed by atoms with E-state index in [1.807, 2.05) is 0 Å². The van der Waals surface area contributed by atoms with Crippen LogP contribution in [0.1, 0.15) is 15.9 Å². The molecule has 0 bridgehead atoms. The number of nitrogens with zero attached hydrogens (tertiary/aromatic N) is 1. The van der Waals surface area contributed by atoms with E-state index in [4.69, 9.17) is 5.14 Å². The number of carbonyl (C=O) groups excluding carboxylic acids is 1. The zero-order valence-corrected chi connectivity index (χ0v) is 11.8. The summed E-state index contributed by atoms with van der Waals surface area (Å²) in [6.07, 6.45) is -4.66. The molecule has 118 valence electrons. The van der Waals surface area contributed by atoms with Crippen molar-refractivity contribution in [3.8, 4) is 0 Å². The van der Waals surface area contributed by atoms with Gasteiger partial charge in [-0.25, -0.2) is 17.9 Å². The van der Waals surface area contributed by atoms with Crippen molar-refractivity contribution in [3.63, 3.8) is 0 Å². The third-order valence-corrected chi connectivity index (χ3v) is 3.62. The van der Waals surface area contributed by atoms with E-state index in [0.717, 1.165) is 13.1 Å². The quantitative estimate of drug-likeness (QED) is 0.852. The molecular formula is C11H12F4N2O3S. The van der Waals surface area contributed by atoms with E-state index < -0.39 is 44.9 Å². The number of halogens is 4. The Balaban J connectivity index is 3.28. The number of amides is 1. The molecule has 0 unspecified atom stereocenters. The maximum atomic E-state index is 13.7. The van der Waals surface area contributed by atoms with Crippen molar-refractivity contribution in [1.29, 1.82) is 0 Å². The summed E-state index contributed by atoms with van der Waals surface area (Å²) in [7, 11) is -3.40. The Bertz CT molecular complexity index is 671. The second-order valence-corrected chi connectivity index (χ2v) is 5.95. The number of sulfonamides is 1. The van der Waals surface area contributed by atoms with Gasteiger partial charge in [0.15, 0.2) is 0 Å². The Morgan fingerprint density at radius 2 is 1.86 bits per heavy atom. The van der Waals surface area contributed by atoms with E-state index in [9.17, 15) is 30.8 Å². The highest BCUT2D eigenvalue weighted by Crippen LogP contribution is 2.22. The first-order valence-electron chi connectivity index (χ1n) is 5.48. The summed E-state index contributed by atoms with van der Waals surface area (Å²) >= 11 is 0. The number of aryl methyl sites for hydroxylation is 1. The Labute approximate surface area is 118 Å². The SMILES string of the molecule is Cc1cc(F)c(C(=O)N(C)CC(F)(F)F)cc1S(N)(=O)=O. The van der Waals surface area contributed by atoms with Crippen molar-refractivity contribution in [2.24, 2.45) is 5.14 Å². The molecule has 0 saturated heterocycles. The van der Waals surface area contributed by atoms with Crippen molar-refractivity contribution < 1.29 is 30.8 Å². The first-order valence-corrected chi connectivity index (χ1v) is 7.02. The minimum Gasteiger partial charge on any atom is -0.333 e. The highest BCUT2D eigenvalue weighted by Gasteiger charge is 2.32. The van der Waals surface area contributed by atoms with Gasteiger partial charge in [-0.05, 0) is 24.6 Å². The number of primary sulfonamides is 1. The van der Waals surface area contributed by atoms with Crippen molar-refractivity contribution >= 4 is 15.9 Å². The van der Waals surface area contributed by atoms with Crippen LogP contribution in [0.2, 0.25) is 0 Å². The molecule has 5 nitrogen and oxygen atoms in total. The number of carbonyl (C=O) groups is 1. The van der Waals surface area contributed by atoms with Crippen LogP contribution in [-0.2, 0) is 10.0 Å². The second kappa shape index (κ2) is 5.60. The summed E-state index contributed by atoms with van der Waals surface area (Å²) in [5.41, 5.74) is -0.846. The molecule has 21 heavy (non-hydrogen) atoms. The summed E-state index contributed by atoms with van der Waals surface area (Å²) in [6, 6.07) is 1.36. The van der Waals surface area contributed by atoms with Crippen molar-refractivity contribution in [2.45, 2.75) is 18.0 Å². The predicted octanol–water partition coefficient (Wildman–Crippen LogP) is 1.42. The number of benzene rings is 1. The van der Waals surface area contributed by atoms with E-state index in [-0.39, 0.29) is 10.5 Å². The molecule has 0 aliphatic carbocycles.